The van der Waals surface area contributed by atoms with Crippen molar-refractivity contribution < 1.29 is 0 Å². The van der Waals surface area contributed by atoms with Gasteiger partial charge in [-0.1, -0.05) is 34.0 Å². The lowest BCUT2D eigenvalue weighted by molar-refractivity contribution is 0.209. The maximum atomic E-state index is 6.03. The van der Waals surface area contributed by atoms with E-state index in [9.17, 15) is 0 Å². The van der Waals surface area contributed by atoms with Gasteiger partial charge in [0.25, 0.3) is 0 Å². The molecule has 0 aromatic heterocycles. The van der Waals surface area contributed by atoms with E-state index in [2.05, 4.69) is 33.1 Å². The van der Waals surface area contributed by atoms with Crippen LogP contribution in [0.5, 0.6) is 0 Å². The number of halogens is 2. The van der Waals surface area contributed by atoms with Crippen LogP contribution in [0.2, 0.25) is 5.02 Å². The fourth-order valence-corrected chi connectivity index (χ4v) is 3.14. The normalized spacial score (nSPS) is 18.5. The molecule has 1 aliphatic rings. The lowest BCUT2D eigenvalue weighted by Crippen LogP contribution is -2.41. The van der Waals surface area contributed by atoms with Crippen molar-refractivity contribution in [2.45, 2.75) is 38.8 Å². The number of hydrogen-bond donors (Lipinski definition) is 1. The van der Waals surface area contributed by atoms with Gasteiger partial charge in [-0.25, -0.2) is 0 Å². The minimum atomic E-state index is 0.504. The van der Waals surface area contributed by atoms with E-state index in [1.807, 2.05) is 18.2 Å². The lowest BCUT2D eigenvalue weighted by atomic mass is 10.1. The summed E-state index contributed by atoms with van der Waals surface area (Å²) in [6, 6.07) is 6.44. The van der Waals surface area contributed by atoms with Crippen LogP contribution in [0, 0.1) is 0 Å². The zero-order chi connectivity index (χ0) is 13.7. The van der Waals surface area contributed by atoms with E-state index < -0.39 is 0 Å². The maximum Gasteiger partial charge on any atom is 0.0410 e. The molecule has 1 N–H and O–H groups in total. The Hall–Kier alpha value is -0.0900. The first-order chi connectivity index (χ1) is 9.15. The second kappa shape index (κ2) is 7.63. The minimum absolute atomic E-state index is 0.504. The van der Waals surface area contributed by atoms with Gasteiger partial charge in [-0.3, -0.25) is 0 Å². The predicted molar refractivity (Wildman–Crippen MR) is 85.7 cm³/mol. The van der Waals surface area contributed by atoms with E-state index in [0.29, 0.717) is 6.04 Å². The van der Waals surface area contributed by atoms with Gasteiger partial charge in [0.15, 0.2) is 0 Å². The van der Waals surface area contributed by atoms with Gasteiger partial charge in [0.05, 0.1) is 0 Å². The maximum absolute atomic E-state index is 6.03. The molecule has 0 spiro atoms. The monoisotopic (exact) mass is 344 g/mol. The van der Waals surface area contributed by atoms with E-state index >= 15 is 0 Å². The van der Waals surface area contributed by atoms with E-state index in [4.69, 9.17) is 11.6 Å². The second-order valence-electron chi connectivity index (χ2n) is 5.38. The zero-order valence-corrected chi connectivity index (χ0v) is 13.8. The molecule has 1 saturated heterocycles. The van der Waals surface area contributed by atoms with Crippen molar-refractivity contribution in [2.75, 3.05) is 19.6 Å². The number of hydrogen-bond acceptors (Lipinski definition) is 2. The van der Waals surface area contributed by atoms with Gasteiger partial charge in [-0.05, 0) is 56.6 Å². The summed E-state index contributed by atoms with van der Waals surface area (Å²) in [5, 5.41) is 4.38. The molecule has 0 bridgehead atoms. The first-order valence-electron chi connectivity index (χ1n) is 7.05. The summed E-state index contributed by atoms with van der Waals surface area (Å²) in [6.45, 7) is 6.77. The van der Waals surface area contributed by atoms with Crippen molar-refractivity contribution in [3.8, 4) is 0 Å². The number of piperidine rings is 1. The molecule has 0 radical (unpaired) electrons. The summed E-state index contributed by atoms with van der Waals surface area (Å²) >= 11 is 9.60. The molecule has 0 aliphatic carbocycles. The molecule has 0 saturated carbocycles. The van der Waals surface area contributed by atoms with Crippen molar-refractivity contribution in [3.63, 3.8) is 0 Å². The Labute approximate surface area is 129 Å². The molecule has 1 fully saturated rings. The van der Waals surface area contributed by atoms with E-state index in [1.165, 1.54) is 37.9 Å². The lowest BCUT2D eigenvalue weighted by Gasteiger charge is -2.29. The Kier molecular flexibility index (Phi) is 6.14. The molecule has 0 amide bonds. The Morgan fingerprint density at radius 2 is 2.05 bits per heavy atom. The second-order valence-corrected chi connectivity index (χ2v) is 6.67. The number of nitrogens with one attached hydrogen (secondary N) is 1. The van der Waals surface area contributed by atoms with Crippen molar-refractivity contribution in [2.24, 2.45) is 0 Å². The van der Waals surface area contributed by atoms with Gasteiger partial charge < -0.3 is 10.2 Å². The van der Waals surface area contributed by atoms with Crippen molar-refractivity contribution in [3.05, 3.63) is 33.3 Å². The van der Waals surface area contributed by atoms with Gasteiger partial charge in [0.2, 0.25) is 0 Å². The Balaban J connectivity index is 1.79. The van der Waals surface area contributed by atoms with Gasteiger partial charge in [0, 0.05) is 28.6 Å². The van der Waals surface area contributed by atoms with Crippen LogP contribution >= 0.6 is 27.5 Å². The fourth-order valence-electron chi connectivity index (χ4n) is 2.56. The van der Waals surface area contributed by atoms with Crippen LogP contribution in [0.25, 0.3) is 0 Å². The van der Waals surface area contributed by atoms with E-state index in [1.54, 1.807) is 0 Å². The number of benzene rings is 1. The van der Waals surface area contributed by atoms with Crippen molar-refractivity contribution >= 4 is 27.5 Å². The first-order valence-corrected chi connectivity index (χ1v) is 8.22. The smallest absolute Gasteiger partial charge is 0.0410 e. The van der Waals surface area contributed by atoms with E-state index in [-0.39, 0.29) is 0 Å². The molecular formula is C15H22BrClN2. The molecule has 1 aliphatic heterocycles. The highest BCUT2D eigenvalue weighted by atomic mass is 79.9. The molecule has 2 nitrogen and oxygen atoms in total. The van der Waals surface area contributed by atoms with Gasteiger partial charge in [-0.2, -0.15) is 0 Å². The summed E-state index contributed by atoms with van der Waals surface area (Å²) in [7, 11) is 0. The van der Waals surface area contributed by atoms with Gasteiger partial charge in [0.1, 0.15) is 0 Å². The topological polar surface area (TPSA) is 15.3 Å². The quantitative estimate of drug-likeness (QED) is 0.865. The molecular weight excluding hydrogens is 324 g/mol. The minimum Gasteiger partial charge on any atom is -0.309 e. The zero-order valence-electron chi connectivity index (χ0n) is 11.5. The summed E-state index contributed by atoms with van der Waals surface area (Å²) in [5.74, 6) is 0. The van der Waals surface area contributed by atoms with Crippen LogP contribution in [-0.4, -0.2) is 30.6 Å². The summed E-state index contributed by atoms with van der Waals surface area (Å²) in [4.78, 5) is 2.56. The number of rotatable bonds is 5. The van der Waals surface area contributed by atoms with Gasteiger partial charge in [-0.15, -0.1) is 0 Å². The average molecular weight is 346 g/mol. The molecule has 19 heavy (non-hydrogen) atoms. The third-order valence-corrected chi connectivity index (χ3v) is 4.64. The summed E-state index contributed by atoms with van der Waals surface area (Å²) < 4.78 is 1.12. The standard InChI is InChI=1S/C15H22BrClN2/c1-12(11-19-7-3-2-4-8-19)18-10-13-9-14(17)5-6-15(13)16/h5-6,9,12,18H,2-4,7-8,10-11H2,1H3. The third-order valence-electron chi connectivity index (χ3n) is 3.63. The van der Waals surface area contributed by atoms with Crippen LogP contribution in [0.4, 0.5) is 0 Å². The molecule has 1 atom stereocenters. The molecule has 2 rings (SSSR count). The average Bonchev–Trinajstić information content (AvgIpc) is 2.41. The Bertz CT molecular complexity index is 405. The molecule has 1 aromatic rings. The van der Waals surface area contributed by atoms with Crippen LogP contribution in [0.3, 0.4) is 0 Å². The first kappa shape index (κ1) is 15.3. The highest BCUT2D eigenvalue weighted by Gasteiger charge is 2.13. The largest absolute Gasteiger partial charge is 0.309 e. The molecule has 1 unspecified atom stereocenters. The summed E-state index contributed by atoms with van der Waals surface area (Å²) in [5.41, 5.74) is 1.22. The van der Waals surface area contributed by atoms with Crippen LogP contribution in [0.1, 0.15) is 31.7 Å². The molecule has 1 aromatic carbocycles. The number of nitrogens with zero attached hydrogens (tertiary/aromatic N) is 1. The van der Waals surface area contributed by atoms with Crippen molar-refractivity contribution in [1.82, 2.24) is 10.2 Å². The van der Waals surface area contributed by atoms with Crippen LogP contribution < -0.4 is 5.32 Å². The Morgan fingerprint density at radius 3 is 2.79 bits per heavy atom. The molecule has 4 heteroatoms. The highest BCUT2D eigenvalue weighted by Crippen LogP contribution is 2.21. The van der Waals surface area contributed by atoms with Gasteiger partial charge >= 0.3 is 0 Å². The fraction of sp³-hybridized carbons (Fsp3) is 0.600. The van der Waals surface area contributed by atoms with E-state index in [0.717, 1.165) is 22.6 Å². The number of likely N-dealkylation sites (tertiary alicyclic amines) is 1. The molecule has 106 valence electrons. The third kappa shape index (κ3) is 5.07. The highest BCUT2D eigenvalue weighted by molar-refractivity contribution is 9.10. The van der Waals surface area contributed by atoms with Crippen LogP contribution in [0.15, 0.2) is 22.7 Å². The van der Waals surface area contributed by atoms with Crippen LogP contribution in [-0.2, 0) is 6.54 Å². The predicted octanol–water partition coefficient (Wildman–Crippen LogP) is 4.07. The van der Waals surface area contributed by atoms with Crippen molar-refractivity contribution in [1.29, 1.82) is 0 Å². The molecule has 1 heterocycles. The Morgan fingerprint density at radius 1 is 1.32 bits per heavy atom. The SMILES string of the molecule is CC(CN1CCCCC1)NCc1cc(Cl)ccc1Br. The summed E-state index contributed by atoms with van der Waals surface area (Å²) in [6.07, 6.45) is 4.10.